The summed E-state index contributed by atoms with van der Waals surface area (Å²) in [6.45, 7) is 10.7. The summed E-state index contributed by atoms with van der Waals surface area (Å²) in [5.41, 5.74) is 0. The summed E-state index contributed by atoms with van der Waals surface area (Å²) in [5.74, 6) is 0.365. The van der Waals surface area contributed by atoms with Gasteiger partial charge < -0.3 is 9.80 Å². The monoisotopic (exact) mass is 240 g/mol. The van der Waals surface area contributed by atoms with Gasteiger partial charge in [-0.1, -0.05) is 13.8 Å². The lowest BCUT2D eigenvalue weighted by Gasteiger charge is -2.29. The number of rotatable bonds is 6. The number of carbonyl (C=O) groups is 1. The minimum atomic E-state index is 0.365. The van der Waals surface area contributed by atoms with Gasteiger partial charge in [0.05, 0.1) is 0 Å². The highest BCUT2D eigenvalue weighted by molar-refractivity contribution is 5.76. The molecule has 0 spiro atoms. The molecule has 0 aliphatic carbocycles. The van der Waals surface area contributed by atoms with Crippen LogP contribution < -0.4 is 0 Å². The van der Waals surface area contributed by atoms with Gasteiger partial charge in [0.15, 0.2) is 0 Å². The van der Waals surface area contributed by atoms with Gasteiger partial charge >= 0.3 is 0 Å². The fourth-order valence-electron chi connectivity index (χ4n) is 2.66. The molecule has 3 heteroatoms. The number of likely N-dealkylation sites (tertiary alicyclic amines) is 1. The van der Waals surface area contributed by atoms with Crippen molar-refractivity contribution in [2.24, 2.45) is 0 Å². The van der Waals surface area contributed by atoms with Crippen molar-refractivity contribution in [3.8, 4) is 0 Å². The maximum absolute atomic E-state index is 12.0. The van der Waals surface area contributed by atoms with Crippen molar-refractivity contribution in [1.82, 2.24) is 9.80 Å². The van der Waals surface area contributed by atoms with Crippen LogP contribution in [-0.4, -0.2) is 47.9 Å². The number of amides is 1. The maximum atomic E-state index is 12.0. The summed E-state index contributed by atoms with van der Waals surface area (Å²) in [6, 6.07) is 0.527. The minimum absolute atomic E-state index is 0.365. The molecular formula is C14H28N2O. The van der Waals surface area contributed by atoms with Crippen molar-refractivity contribution in [1.29, 1.82) is 0 Å². The van der Waals surface area contributed by atoms with Crippen LogP contribution in [-0.2, 0) is 4.79 Å². The van der Waals surface area contributed by atoms with E-state index in [-0.39, 0.29) is 0 Å². The first-order valence-electron chi connectivity index (χ1n) is 7.20. The third kappa shape index (κ3) is 4.66. The van der Waals surface area contributed by atoms with Crippen LogP contribution in [0.15, 0.2) is 0 Å². The molecule has 1 fully saturated rings. The molecule has 1 aliphatic heterocycles. The van der Waals surface area contributed by atoms with Crippen LogP contribution in [0.3, 0.4) is 0 Å². The maximum Gasteiger partial charge on any atom is 0.222 e. The number of carbonyl (C=O) groups excluding carboxylic acids is 1. The zero-order chi connectivity index (χ0) is 12.7. The van der Waals surface area contributed by atoms with Crippen molar-refractivity contribution in [2.75, 3.05) is 26.2 Å². The van der Waals surface area contributed by atoms with Crippen molar-refractivity contribution >= 4 is 5.91 Å². The van der Waals surface area contributed by atoms with Crippen LogP contribution in [0.5, 0.6) is 0 Å². The zero-order valence-corrected chi connectivity index (χ0v) is 11.7. The van der Waals surface area contributed by atoms with E-state index in [9.17, 15) is 4.79 Å². The first-order chi connectivity index (χ1) is 8.19. The molecule has 0 aromatic heterocycles. The van der Waals surface area contributed by atoms with Gasteiger partial charge in [-0.25, -0.2) is 0 Å². The van der Waals surface area contributed by atoms with E-state index in [1.165, 1.54) is 19.3 Å². The number of nitrogens with zero attached hydrogens (tertiary/aromatic N) is 2. The smallest absolute Gasteiger partial charge is 0.222 e. The first kappa shape index (κ1) is 14.5. The van der Waals surface area contributed by atoms with Gasteiger partial charge in [0.25, 0.3) is 0 Å². The zero-order valence-electron chi connectivity index (χ0n) is 11.7. The second-order valence-electron chi connectivity index (χ2n) is 5.05. The third-order valence-electron chi connectivity index (χ3n) is 3.92. The van der Waals surface area contributed by atoms with Gasteiger partial charge in [-0.3, -0.25) is 4.79 Å². The SMILES string of the molecule is CCN(CC)C(C)CCC(=O)N1CCCCC1. The van der Waals surface area contributed by atoms with Crippen LogP contribution in [0.25, 0.3) is 0 Å². The second kappa shape index (κ2) is 7.70. The topological polar surface area (TPSA) is 23.6 Å². The molecule has 1 unspecified atom stereocenters. The van der Waals surface area contributed by atoms with E-state index in [0.717, 1.165) is 39.0 Å². The predicted molar refractivity (Wildman–Crippen MR) is 72.0 cm³/mol. The largest absolute Gasteiger partial charge is 0.343 e. The van der Waals surface area contributed by atoms with Gasteiger partial charge in [0, 0.05) is 25.6 Å². The fraction of sp³-hybridized carbons (Fsp3) is 0.929. The lowest BCUT2D eigenvalue weighted by Crippen LogP contribution is -2.37. The molecule has 1 aliphatic rings. The Morgan fingerprint density at radius 1 is 1.18 bits per heavy atom. The first-order valence-corrected chi connectivity index (χ1v) is 7.20. The Bertz CT molecular complexity index is 220. The van der Waals surface area contributed by atoms with E-state index in [1.54, 1.807) is 0 Å². The molecule has 0 aromatic carbocycles. The third-order valence-corrected chi connectivity index (χ3v) is 3.92. The fourth-order valence-corrected chi connectivity index (χ4v) is 2.66. The highest BCUT2D eigenvalue weighted by Crippen LogP contribution is 2.13. The average molecular weight is 240 g/mol. The molecule has 3 nitrogen and oxygen atoms in total. The molecule has 0 N–H and O–H groups in total. The molecule has 1 amide bonds. The van der Waals surface area contributed by atoms with E-state index in [0.29, 0.717) is 11.9 Å². The number of hydrogen-bond donors (Lipinski definition) is 0. The van der Waals surface area contributed by atoms with Gasteiger partial charge in [0.2, 0.25) is 5.91 Å². The Morgan fingerprint density at radius 2 is 1.76 bits per heavy atom. The Morgan fingerprint density at radius 3 is 2.29 bits per heavy atom. The average Bonchev–Trinajstić information content (AvgIpc) is 2.38. The highest BCUT2D eigenvalue weighted by atomic mass is 16.2. The summed E-state index contributed by atoms with van der Waals surface area (Å²) >= 11 is 0. The highest BCUT2D eigenvalue weighted by Gasteiger charge is 2.18. The summed E-state index contributed by atoms with van der Waals surface area (Å²) in [6.07, 6.45) is 5.39. The van der Waals surface area contributed by atoms with E-state index < -0.39 is 0 Å². The molecule has 100 valence electrons. The van der Waals surface area contributed by atoms with Crippen LogP contribution in [0.4, 0.5) is 0 Å². The normalized spacial score (nSPS) is 18.5. The van der Waals surface area contributed by atoms with E-state index >= 15 is 0 Å². The molecule has 1 atom stereocenters. The molecule has 1 heterocycles. The molecule has 0 saturated carbocycles. The molecule has 0 radical (unpaired) electrons. The minimum Gasteiger partial charge on any atom is -0.343 e. The molecule has 1 saturated heterocycles. The van der Waals surface area contributed by atoms with Crippen molar-refractivity contribution < 1.29 is 4.79 Å². The summed E-state index contributed by atoms with van der Waals surface area (Å²) in [5, 5.41) is 0. The van der Waals surface area contributed by atoms with Gasteiger partial charge in [-0.05, 0) is 45.7 Å². The summed E-state index contributed by atoms with van der Waals surface area (Å²) < 4.78 is 0. The van der Waals surface area contributed by atoms with Crippen molar-refractivity contribution in [3.05, 3.63) is 0 Å². The lowest BCUT2D eigenvalue weighted by molar-refractivity contribution is -0.132. The lowest BCUT2D eigenvalue weighted by atomic mass is 10.1. The number of piperidine rings is 1. The van der Waals surface area contributed by atoms with E-state index in [1.807, 2.05) is 0 Å². The second-order valence-corrected chi connectivity index (χ2v) is 5.05. The molecule has 0 bridgehead atoms. The van der Waals surface area contributed by atoms with Crippen molar-refractivity contribution in [3.63, 3.8) is 0 Å². The van der Waals surface area contributed by atoms with E-state index in [4.69, 9.17) is 0 Å². The summed E-state index contributed by atoms with van der Waals surface area (Å²) in [7, 11) is 0. The van der Waals surface area contributed by atoms with Gasteiger partial charge in [-0.15, -0.1) is 0 Å². The molecule has 0 aromatic rings. The molecular weight excluding hydrogens is 212 g/mol. The Kier molecular flexibility index (Phi) is 6.56. The van der Waals surface area contributed by atoms with Crippen LogP contribution in [0.2, 0.25) is 0 Å². The van der Waals surface area contributed by atoms with Gasteiger partial charge in [0.1, 0.15) is 0 Å². The van der Waals surface area contributed by atoms with Crippen LogP contribution in [0.1, 0.15) is 52.9 Å². The van der Waals surface area contributed by atoms with Crippen LogP contribution >= 0.6 is 0 Å². The van der Waals surface area contributed by atoms with E-state index in [2.05, 4.69) is 30.6 Å². The Labute approximate surface area is 106 Å². The standard InChI is InChI=1S/C14H28N2O/c1-4-15(5-2)13(3)9-10-14(17)16-11-7-6-8-12-16/h13H,4-12H2,1-3H3. The Hall–Kier alpha value is -0.570. The molecule has 17 heavy (non-hydrogen) atoms. The predicted octanol–water partition coefficient (Wildman–Crippen LogP) is 2.51. The number of hydrogen-bond acceptors (Lipinski definition) is 2. The van der Waals surface area contributed by atoms with Gasteiger partial charge in [-0.2, -0.15) is 0 Å². The molecule has 1 rings (SSSR count). The Balaban J connectivity index is 2.26. The summed E-state index contributed by atoms with van der Waals surface area (Å²) in [4.78, 5) is 16.5. The van der Waals surface area contributed by atoms with Crippen LogP contribution in [0, 0.1) is 0 Å². The van der Waals surface area contributed by atoms with Crippen molar-refractivity contribution in [2.45, 2.75) is 58.9 Å². The quantitative estimate of drug-likeness (QED) is 0.712.